The fourth-order valence-electron chi connectivity index (χ4n) is 1.34. The Kier molecular flexibility index (Phi) is 5.78. The van der Waals surface area contributed by atoms with Gasteiger partial charge in [0.1, 0.15) is 5.75 Å². The molecule has 1 unspecified atom stereocenters. The first-order chi connectivity index (χ1) is 8.08. The van der Waals surface area contributed by atoms with E-state index in [1.54, 1.807) is 25.3 Å². The lowest BCUT2D eigenvalue weighted by atomic mass is 10.1. The number of halogens is 2. The van der Waals surface area contributed by atoms with Crippen molar-refractivity contribution >= 4 is 33.4 Å². The van der Waals surface area contributed by atoms with Crippen LogP contribution in [0.1, 0.15) is 23.7 Å². The van der Waals surface area contributed by atoms with Gasteiger partial charge in [-0.2, -0.15) is 0 Å². The lowest BCUT2D eigenvalue weighted by Crippen LogP contribution is -2.33. The Labute approximate surface area is 115 Å². The van der Waals surface area contributed by atoms with Crippen molar-refractivity contribution in [1.29, 1.82) is 0 Å². The van der Waals surface area contributed by atoms with Crippen LogP contribution in [0, 0.1) is 0 Å². The highest BCUT2D eigenvalue weighted by atomic mass is 79.9. The van der Waals surface area contributed by atoms with Crippen molar-refractivity contribution in [3.05, 3.63) is 28.2 Å². The quantitative estimate of drug-likeness (QED) is 0.846. The van der Waals surface area contributed by atoms with Crippen molar-refractivity contribution < 1.29 is 9.53 Å². The van der Waals surface area contributed by atoms with Gasteiger partial charge in [0.2, 0.25) is 0 Å². The second kappa shape index (κ2) is 6.87. The van der Waals surface area contributed by atoms with Crippen LogP contribution in [-0.4, -0.2) is 24.9 Å². The molecular weight excluding hydrogens is 305 g/mol. The van der Waals surface area contributed by atoms with Gasteiger partial charge in [0.05, 0.1) is 12.7 Å². The van der Waals surface area contributed by atoms with E-state index in [9.17, 15) is 4.79 Å². The fraction of sp³-hybridized carbons (Fsp3) is 0.417. The van der Waals surface area contributed by atoms with Gasteiger partial charge in [-0.3, -0.25) is 4.79 Å². The second-order valence-electron chi connectivity index (χ2n) is 3.70. The number of nitrogens with one attached hydrogen (secondary N) is 1. The standard InChI is InChI=1S/C12H15BrClNO2/c1-8(5-6-14)15-12(16)10-7-9(17-2)3-4-11(10)13/h3-4,7-8H,5-6H2,1-2H3,(H,15,16). The number of alkyl halides is 1. The van der Waals surface area contributed by atoms with Gasteiger partial charge in [0.15, 0.2) is 0 Å². The number of hydrogen-bond donors (Lipinski definition) is 1. The van der Waals surface area contributed by atoms with Crippen LogP contribution in [-0.2, 0) is 0 Å². The zero-order valence-electron chi connectivity index (χ0n) is 9.80. The molecular formula is C12H15BrClNO2. The maximum Gasteiger partial charge on any atom is 0.252 e. The molecule has 0 heterocycles. The van der Waals surface area contributed by atoms with Gasteiger partial charge in [-0.25, -0.2) is 0 Å². The van der Waals surface area contributed by atoms with Gasteiger partial charge in [-0.05, 0) is 47.5 Å². The van der Waals surface area contributed by atoms with Crippen molar-refractivity contribution in [3.63, 3.8) is 0 Å². The Morgan fingerprint density at radius 1 is 1.59 bits per heavy atom. The first kappa shape index (κ1) is 14.3. The minimum absolute atomic E-state index is 0.0538. The van der Waals surface area contributed by atoms with Crippen LogP contribution in [0.15, 0.2) is 22.7 Å². The summed E-state index contributed by atoms with van der Waals surface area (Å²) in [5.74, 6) is 1.05. The van der Waals surface area contributed by atoms with E-state index < -0.39 is 0 Å². The van der Waals surface area contributed by atoms with Crippen molar-refractivity contribution in [2.75, 3.05) is 13.0 Å². The Bertz CT molecular complexity index is 398. The number of rotatable bonds is 5. The molecule has 0 aliphatic rings. The zero-order chi connectivity index (χ0) is 12.8. The SMILES string of the molecule is COc1ccc(Br)c(C(=O)NC(C)CCCl)c1. The summed E-state index contributed by atoms with van der Waals surface area (Å²) < 4.78 is 5.83. The number of hydrogen-bond acceptors (Lipinski definition) is 2. The number of amides is 1. The third kappa shape index (κ3) is 4.21. The van der Waals surface area contributed by atoms with E-state index >= 15 is 0 Å². The maximum absolute atomic E-state index is 12.0. The molecule has 0 fully saturated rings. The molecule has 0 radical (unpaired) electrons. The highest BCUT2D eigenvalue weighted by Gasteiger charge is 2.13. The molecule has 1 N–H and O–H groups in total. The Balaban J connectivity index is 2.80. The average Bonchev–Trinajstić information content (AvgIpc) is 2.29. The van der Waals surface area contributed by atoms with Crippen LogP contribution in [0.3, 0.4) is 0 Å². The highest BCUT2D eigenvalue weighted by molar-refractivity contribution is 9.10. The Morgan fingerprint density at radius 3 is 2.88 bits per heavy atom. The molecule has 1 atom stereocenters. The summed E-state index contributed by atoms with van der Waals surface area (Å²) in [6.45, 7) is 1.92. The minimum atomic E-state index is -0.131. The summed E-state index contributed by atoms with van der Waals surface area (Å²) in [4.78, 5) is 12.0. The van der Waals surface area contributed by atoms with Crippen molar-refractivity contribution in [3.8, 4) is 5.75 Å². The molecule has 0 saturated carbocycles. The largest absolute Gasteiger partial charge is 0.497 e. The molecule has 0 saturated heterocycles. The van der Waals surface area contributed by atoms with Gasteiger partial charge in [-0.15, -0.1) is 11.6 Å². The lowest BCUT2D eigenvalue weighted by Gasteiger charge is -2.13. The zero-order valence-corrected chi connectivity index (χ0v) is 12.1. The Hall–Kier alpha value is -0.740. The van der Waals surface area contributed by atoms with E-state index in [1.807, 2.05) is 6.92 Å². The molecule has 5 heteroatoms. The fourth-order valence-corrected chi connectivity index (χ4v) is 2.10. The van der Waals surface area contributed by atoms with Gasteiger partial charge in [0.25, 0.3) is 5.91 Å². The van der Waals surface area contributed by atoms with E-state index in [1.165, 1.54) is 0 Å². The predicted octanol–water partition coefficient (Wildman–Crippen LogP) is 3.20. The molecule has 0 bridgehead atoms. The third-order valence-corrected chi connectivity index (χ3v) is 3.25. The van der Waals surface area contributed by atoms with Crippen LogP contribution in [0.2, 0.25) is 0 Å². The molecule has 1 aromatic carbocycles. The van der Waals surface area contributed by atoms with Gasteiger partial charge in [-0.1, -0.05) is 0 Å². The molecule has 0 spiro atoms. The molecule has 0 aromatic heterocycles. The van der Waals surface area contributed by atoms with Crippen LogP contribution >= 0.6 is 27.5 Å². The molecule has 1 aromatic rings. The van der Waals surface area contributed by atoms with Crippen molar-refractivity contribution in [1.82, 2.24) is 5.32 Å². The number of benzene rings is 1. The van der Waals surface area contributed by atoms with E-state index in [-0.39, 0.29) is 11.9 Å². The predicted molar refractivity (Wildman–Crippen MR) is 73.0 cm³/mol. The molecule has 1 rings (SSSR count). The van der Waals surface area contributed by atoms with Crippen LogP contribution in [0.4, 0.5) is 0 Å². The number of carbonyl (C=O) groups excluding carboxylic acids is 1. The van der Waals surface area contributed by atoms with Gasteiger partial charge < -0.3 is 10.1 Å². The van der Waals surface area contributed by atoms with E-state index in [0.717, 1.165) is 10.9 Å². The van der Waals surface area contributed by atoms with E-state index in [4.69, 9.17) is 16.3 Å². The third-order valence-electron chi connectivity index (χ3n) is 2.34. The first-order valence-corrected chi connectivity index (χ1v) is 6.61. The van der Waals surface area contributed by atoms with Crippen LogP contribution in [0.5, 0.6) is 5.75 Å². The summed E-state index contributed by atoms with van der Waals surface area (Å²) in [5, 5.41) is 2.88. The molecule has 0 aliphatic heterocycles. The summed E-state index contributed by atoms with van der Waals surface area (Å²) in [5.41, 5.74) is 0.561. The van der Waals surface area contributed by atoms with Gasteiger partial charge >= 0.3 is 0 Å². The van der Waals surface area contributed by atoms with Crippen molar-refractivity contribution in [2.24, 2.45) is 0 Å². The first-order valence-electron chi connectivity index (χ1n) is 5.29. The van der Waals surface area contributed by atoms with Crippen LogP contribution < -0.4 is 10.1 Å². The van der Waals surface area contributed by atoms with Gasteiger partial charge in [0, 0.05) is 16.4 Å². The van der Waals surface area contributed by atoms with E-state index in [0.29, 0.717) is 17.2 Å². The maximum atomic E-state index is 12.0. The normalized spacial score (nSPS) is 12.0. The number of carbonyl (C=O) groups is 1. The number of methoxy groups -OCH3 is 1. The molecule has 3 nitrogen and oxygen atoms in total. The monoisotopic (exact) mass is 319 g/mol. The lowest BCUT2D eigenvalue weighted by molar-refractivity contribution is 0.0938. The minimum Gasteiger partial charge on any atom is -0.497 e. The molecule has 0 aliphatic carbocycles. The summed E-state index contributed by atoms with van der Waals surface area (Å²) in [6.07, 6.45) is 0.745. The van der Waals surface area contributed by atoms with Crippen molar-refractivity contribution in [2.45, 2.75) is 19.4 Å². The summed E-state index contributed by atoms with van der Waals surface area (Å²) in [6, 6.07) is 5.34. The molecule has 94 valence electrons. The number of ether oxygens (including phenoxy) is 1. The topological polar surface area (TPSA) is 38.3 Å². The average molecular weight is 321 g/mol. The second-order valence-corrected chi connectivity index (χ2v) is 4.93. The smallest absolute Gasteiger partial charge is 0.252 e. The molecule has 17 heavy (non-hydrogen) atoms. The van der Waals surface area contributed by atoms with E-state index in [2.05, 4.69) is 21.2 Å². The Morgan fingerprint density at radius 2 is 2.29 bits per heavy atom. The summed E-state index contributed by atoms with van der Waals surface area (Å²) in [7, 11) is 1.57. The summed E-state index contributed by atoms with van der Waals surface area (Å²) >= 11 is 8.97. The highest BCUT2D eigenvalue weighted by Crippen LogP contribution is 2.22. The molecule has 1 amide bonds. The van der Waals surface area contributed by atoms with Crippen LogP contribution in [0.25, 0.3) is 0 Å².